The molecule has 1 saturated heterocycles. The molecule has 4 rings (SSSR count). The highest BCUT2D eigenvalue weighted by molar-refractivity contribution is 5.74. The van der Waals surface area contributed by atoms with Crippen LogP contribution in [0.2, 0.25) is 0 Å². The third-order valence-corrected chi connectivity index (χ3v) is 9.30. The molecule has 0 aromatic heterocycles. The van der Waals surface area contributed by atoms with Gasteiger partial charge < -0.3 is 4.74 Å². The van der Waals surface area contributed by atoms with Crippen molar-refractivity contribution in [3.8, 4) is 11.1 Å². The van der Waals surface area contributed by atoms with E-state index in [0.29, 0.717) is 0 Å². The molecule has 3 unspecified atom stereocenters. The standard InChI is InChI=1S/C37H54O2/c1-3-5-7-9-11-13-15-30-25-32-23-24-33(27-35(32)26-30)31-20-17-29(18-21-31)19-22-34-28-36(39-37(34)38)16-14-12-10-8-6-4-2/h17-18,20-21,23-24,27,30,34,36H,3-16,19,22,25-26,28H2,1-2H3. The van der Waals surface area contributed by atoms with E-state index in [9.17, 15) is 4.79 Å². The number of unbranched alkanes of at least 4 members (excludes halogenated alkanes) is 10. The highest BCUT2D eigenvalue weighted by atomic mass is 16.5. The Labute approximate surface area is 239 Å². The largest absolute Gasteiger partial charge is 0.462 e. The second-order valence-corrected chi connectivity index (χ2v) is 12.6. The Bertz CT molecular complexity index is 991. The molecular weight excluding hydrogens is 476 g/mol. The molecule has 3 atom stereocenters. The summed E-state index contributed by atoms with van der Waals surface area (Å²) in [4.78, 5) is 12.4. The first kappa shape index (κ1) is 29.9. The van der Waals surface area contributed by atoms with Gasteiger partial charge in [0.1, 0.15) is 6.10 Å². The number of fused-ring (bicyclic) bond motifs is 1. The van der Waals surface area contributed by atoms with E-state index in [2.05, 4.69) is 56.3 Å². The summed E-state index contributed by atoms with van der Waals surface area (Å²) in [6, 6.07) is 16.2. The van der Waals surface area contributed by atoms with E-state index >= 15 is 0 Å². The van der Waals surface area contributed by atoms with Crippen LogP contribution in [-0.4, -0.2) is 12.1 Å². The number of hydrogen-bond donors (Lipinski definition) is 0. The topological polar surface area (TPSA) is 26.3 Å². The fraction of sp³-hybridized carbons (Fsp3) is 0.649. The van der Waals surface area contributed by atoms with Crippen LogP contribution in [0.3, 0.4) is 0 Å². The van der Waals surface area contributed by atoms with Crippen LogP contribution < -0.4 is 0 Å². The molecule has 0 spiro atoms. The molecule has 2 aromatic carbocycles. The summed E-state index contributed by atoms with van der Waals surface area (Å²) in [5.74, 6) is 0.961. The van der Waals surface area contributed by atoms with Crippen molar-refractivity contribution in [2.24, 2.45) is 11.8 Å². The van der Waals surface area contributed by atoms with Gasteiger partial charge in [0, 0.05) is 0 Å². The quantitative estimate of drug-likeness (QED) is 0.141. The van der Waals surface area contributed by atoms with Crippen molar-refractivity contribution >= 4 is 5.97 Å². The van der Waals surface area contributed by atoms with Gasteiger partial charge in [-0.15, -0.1) is 0 Å². The summed E-state index contributed by atoms with van der Waals surface area (Å²) in [5.41, 5.74) is 7.12. The molecular formula is C37H54O2. The Kier molecular flexibility index (Phi) is 12.4. The third-order valence-electron chi connectivity index (χ3n) is 9.30. The maximum atomic E-state index is 12.4. The average Bonchev–Trinajstić information content (AvgIpc) is 3.53. The number of carbonyl (C=O) groups is 1. The Morgan fingerprint density at radius 3 is 2.00 bits per heavy atom. The molecule has 39 heavy (non-hydrogen) atoms. The third kappa shape index (κ3) is 9.51. The summed E-state index contributed by atoms with van der Waals surface area (Å²) >= 11 is 0. The first-order valence-electron chi connectivity index (χ1n) is 16.6. The SMILES string of the molecule is CCCCCCCCC1Cc2ccc(-c3ccc(CCC4CC(CCCCCCCC)OC4=O)cc3)cc2C1. The maximum Gasteiger partial charge on any atom is 0.309 e. The van der Waals surface area contributed by atoms with Crippen LogP contribution >= 0.6 is 0 Å². The zero-order chi connectivity index (χ0) is 27.3. The van der Waals surface area contributed by atoms with E-state index in [0.717, 1.165) is 31.6 Å². The lowest BCUT2D eigenvalue weighted by Crippen LogP contribution is -2.08. The molecule has 2 heteroatoms. The molecule has 1 heterocycles. The Morgan fingerprint density at radius 1 is 0.667 bits per heavy atom. The van der Waals surface area contributed by atoms with Crippen molar-refractivity contribution in [2.45, 2.75) is 142 Å². The number of ether oxygens (including phenoxy) is 1. The predicted molar refractivity (Wildman–Crippen MR) is 165 cm³/mol. The van der Waals surface area contributed by atoms with Crippen LogP contribution in [0.1, 0.15) is 133 Å². The fourth-order valence-corrected chi connectivity index (χ4v) is 6.80. The second kappa shape index (κ2) is 16.2. The minimum atomic E-state index is 0.0375. The van der Waals surface area contributed by atoms with Gasteiger partial charge in [0.25, 0.3) is 0 Å². The van der Waals surface area contributed by atoms with Crippen LogP contribution in [0.25, 0.3) is 11.1 Å². The molecule has 1 aliphatic carbocycles. The van der Waals surface area contributed by atoms with E-state index in [-0.39, 0.29) is 18.0 Å². The van der Waals surface area contributed by atoms with E-state index < -0.39 is 0 Å². The average molecular weight is 531 g/mol. The van der Waals surface area contributed by atoms with Gasteiger partial charge in [0.05, 0.1) is 5.92 Å². The molecule has 0 radical (unpaired) electrons. The molecule has 0 N–H and O–H groups in total. The predicted octanol–water partition coefficient (Wildman–Crippen LogP) is 10.4. The van der Waals surface area contributed by atoms with Crippen LogP contribution in [0.15, 0.2) is 42.5 Å². The van der Waals surface area contributed by atoms with Crippen LogP contribution in [-0.2, 0) is 28.8 Å². The van der Waals surface area contributed by atoms with Crippen molar-refractivity contribution in [1.82, 2.24) is 0 Å². The number of rotatable bonds is 18. The first-order chi connectivity index (χ1) is 19.2. The normalized spacial score (nSPS) is 20.4. The molecule has 0 amide bonds. The lowest BCUT2D eigenvalue weighted by molar-refractivity contribution is -0.144. The first-order valence-corrected chi connectivity index (χ1v) is 16.6. The number of aryl methyl sites for hydroxylation is 1. The van der Waals surface area contributed by atoms with E-state index in [1.165, 1.54) is 113 Å². The summed E-state index contributed by atoms with van der Waals surface area (Å²) in [7, 11) is 0. The monoisotopic (exact) mass is 530 g/mol. The number of esters is 1. The molecule has 0 bridgehead atoms. The summed E-state index contributed by atoms with van der Waals surface area (Å²) in [6.07, 6.45) is 24.0. The number of benzene rings is 2. The number of carbonyl (C=O) groups excluding carboxylic acids is 1. The van der Waals surface area contributed by atoms with E-state index in [1.807, 2.05) is 0 Å². The highest BCUT2D eigenvalue weighted by Crippen LogP contribution is 2.34. The Balaban J connectivity index is 1.18. The molecule has 2 aromatic rings. The molecule has 214 valence electrons. The minimum Gasteiger partial charge on any atom is -0.462 e. The number of hydrogen-bond acceptors (Lipinski definition) is 2. The van der Waals surface area contributed by atoms with Crippen molar-refractivity contribution in [2.75, 3.05) is 0 Å². The summed E-state index contributed by atoms with van der Waals surface area (Å²) in [6.45, 7) is 4.55. The molecule has 2 aliphatic rings. The van der Waals surface area contributed by atoms with Gasteiger partial charge in [-0.3, -0.25) is 4.79 Å². The van der Waals surface area contributed by atoms with Crippen molar-refractivity contribution in [3.05, 3.63) is 59.2 Å². The van der Waals surface area contributed by atoms with Gasteiger partial charge in [-0.1, -0.05) is 127 Å². The molecule has 1 fully saturated rings. The van der Waals surface area contributed by atoms with Gasteiger partial charge in [0.2, 0.25) is 0 Å². The number of cyclic esters (lactones) is 1. The van der Waals surface area contributed by atoms with Crippen molar-refractivity contribution in [3.63, 3.8) is 0 Å². The van der Waals surface area contributed by atoms with E-state index in [4.69, 9.17) is 4.74 Å². The smallest absolute Gasteiger partial charge is 0.309 e. The van der Waals surface area contributed by atoms with Crippen molar-refractivity contribution < 1.29 is 9.53 Å². The molecule has 0 saturated carbocycles. The van der Waals surface area contributed by atoms with Gasteiger partial charge in [0.15, 0.2) is 0 Å². The second-order valence-electron chi connectivity index (χ2n) is 12.6. The van der Waals surface area contributed by atoms with Crippen molar-refractivity contribution in [1.29, 1.82) is 0 Å². The molecule has 2 nitrogen and oxygen atoms in total. The van der Waals surface area contributed by atoms with Gasteiger partial charge in [-0.25, -0.2) is 0 Å². The lowest BCUT2D eigenvalue weighted by Gasteiger charge is -2.09. The van der Waals surface area contributed by atoms with Gasteiger partial charge >= 0.3 is 5.97 Å². The zero-order valence-corrected chi connectivity index (χ0v) is 25.0. The Hall–Kier alpha value is -2.09. The fourth-order valence-electron chi connectivity index (χ4n) is 6.80. The minimum absolute atomic E-state index is 0.0375. The van der Waals surface area contributed by atoms with Gasteiger partial charge in [-0.2, -0.15) is 0 Å². The van der Waals surface area contributed by atoms with Gasteiger partial charge in [-0.05, 0) is 85.1 Å². The summed E-state index contributed by atoms with van der Waals surface area (Å²) in [5, 5.41) is 0. The zero-order valence-electron chi connectivity index (χ0n) is 25.0. The Morgan fingerprint density at radius 2 is 1.28 bits per heavy atom. The molecule has 1 aliphatic heterocycles. The van der Waals surface area contributed by atoms with Crippen LogP contribution in [0, 0.1) is 11.8 Å². The lowest BCUT2D eigenvalue weighted by atomic mass is 9.94. The van der Waals surface area contributed by atoms with Crippen LogP contribution in [0.4, 0.5) is 0 Å². The maximum absolute atomic E-state index is 12.4. The highest BCUT2D eigenvalue weighted by Gasteiger charge is 2.33. The summed E-state index contributed by atoms with van der Waals surface area (Å²) < 4.78 is 5.71. The van der Waals surface area contributed by atoms with E-state index in [1.54, 1.807) is 11.1 Å². The van der Waals surface area contributed by atoms with Crippen LogP contribution in [0.5, 0.6) is 0 Å².